The second-order valence-corrected chi connectivity index (χ2v) is 7.75. The van der Waals surface area contributed by atoms with E-state index in [1.807, 2.05) is 5.38 Å². The molecule has 26 heavy (non-hydrogen) atoms. The molecule has 0 radical (unpaired) electrons. The third-order valence-electron chi connectivity index (χ3n) is 4.50. The van der Waals surface area contributed by atoms with Crippen LogP contribution in [0.1, 0.15) is 23.5 Å². The smallest absolute Gasteiger partial charge is 0.252 e. The number of aromatic nitrogens is 2. The molecule has 0 fully saturated rings. The zero-order valence-corrected chi connectivity index (χ0v) is 15.7. The number of methoxy groups -OCH3 is 1. The van der Waals surface area contributed by atoms with Gasteiger partial charge in [-0.1, -0.05) is 11.6 Å². The first-order valence-electron chi connectivity index (χ1n) is 7.94. The molecule has 136 valence electrons. The molecular formula is C17H17ClN4O3S. The summed E-state index contributed by atoms with van der Waals surface area (Å²) in [4.78, 5) is 20.5. The van der Waals surface area contributed by atoms with Gasteiger partial charge in [0.2, 0.25) is 0 Å². The van der Waals surface area contributed by atoms with Gasteiger partial charge in [-0.15, -0.1) is 11.3 Å². The highest BCUT2D eigenvalue weighted by Gasteiger charge is 2.39. The second kappa shape index (κ2) is 6.24. The molecule has 7 nitrogen and oxygen atoms in total. The lowest BCUT2D eigenvalue weighted by Crippen LogP contribution is -2.53. The van der Waals surface area contributed by atoms with E-state index in [4.69, 9.17) is 16.3 Å². The molecule has 3 aromatic heterocycles. The van der Waals surface area contributed by atoms with Crippen LogP contribution in [0.25, 0.3) is 11.0 Å². The summed E-state index contributed by atoms with van der Waals surface area (Å²) in [6.07, 6.45) is 2.39. The predicted octanol–water partition coefficient (Wildman–Crippen LogP) is 3.13. The van der Waals surface area contributed by atoms with Gasteiger partial charge in [0.15, 0.2) is 0 Å². The summed E-state index contributed by atoms with van der Waals surface area (Å²) < 4.78 is 5.20. The number of aromatic amines is 1. The fourth-order valence-corrected chi connectivity index (χ4v) is 4.35. The monoisotopic (exact) mass is 392 g/mol. The molecule has 0 saturated carbocycles. The molecule has 3 aromatic rings. The van der Waals surface area contributed by atoms with Crippen LogP contribution in [0, 0.1) is 0 Å². The summed E-state index contributed by atoms with van der Waals surface area (Å²) >= 11 is 7.57. The van der Waals surface area contributed by atoms with Gasteiger partial charge in [0.25, 0.3) is 5.91 Å². The standard InChI is InChI=1S/C17H17ClN4O3S/c1-17(7-25-2)16(24)21-10-6-20-15-11(12(10)22-17)8(5-19-15)13(23)14-9(18)3-4-26-14/h3-6,13,22-23H,7H2,1-2H3,(H,19,20)(H,21,24)/t13?,17-/m0/s1. The normalized spacial score (nSPS) is 20.5. The minimum atomic E-state index is -0.934. The van der Waals surface area contributed by atoms with Crippen LogP contribution >= 0.6 is 22.9 Å². The highest BCUT2D eigenvalue weighted by Crippen LogP contribution is 2.42. The molecule has 4 N–H and O–H groups in total. The molecule has 0 spiro atoms. The van der Waals surface area contributed by atoms with Gasteiger partial charge < -0.3 is 25.5 Å². The number of hydrogen-bond donors (Lipinski definition) is 4. The number of amides is 1. The van der Waals surface area contributed by atoms with Crippen LogP contribution < -0.4 is 10.6 Å². The number of hydrogen-bond acceptors (Lipinski definition) is 6. The molecule has 1 amide bonds. The van der Waals surface area contributed by atoms with Gasteiger partial charge in [0.1, 0.15) is 17.3 Å². The summed E-state index contributed by atoms with van der Waals surface area (Å²) in [6, 6.07) is 1.75. The van der Waals surface area contributed by atoms with Crippen molar-refractivity contribution in [3.05, 3.63) is 39.3 Å². The van der Waals surface area contributed by atoms with E-state index in [0.717, 1.165) is 0 Å². The van der Waals surface area contributed by atoms with Crippen LogP contribution in [0.5, 0.6) is 0 Å². The molecule has 9 heteroatoms. The van der Waals surface area contributed by atoms with Crippen LogP contribution in [0.4, 0.5) is 11.4 Å². The summed E-state index contributed by atoms with van der Waals surface area (Å²) in [5.41, 5.74) is 1.56. The van der Waals surface area contributed by atoms with E-state index in [2.05, 4.69) is 20.6 Å². The quantitative estimate of drug-likeness (QED) is 0.546. The van der Waals surface area contributed by atoms with Gasteiger partial charge in [0, 0.05) is 18.9 Å². The van der Waals surface area contributed by atoms with Crippen molar-refractivity contribution in [3.63, 3.8) is 0 Å². The van der Waals surface area contributed by atoms with Gasteiger partial charge in [-0.2, -0.15) is 0 Å². The number of halogens is 1. The first-order chi connectivity index (χ1) is 12.4. The molecule has 0 bridgehead atoms. The number of carbonyl (C=O) groups excluding carboxylic acids is 1. The van der Waals surface area contributed by atoms with Gasteiger partial charge in [0.05, 0.1) is 39.5 Å². The zero-order chi connectivity index (χ0) is 18.5. The van der Waals surface area contributed by atoms with E-state index in [9.17, 15) is 9.90 Å². The van der Waals surface area contributed by atoms with Crippen LogP contribution in [0.2, 0.25) is 5.02 Å². The molecule has 1 aliphatic rings. The number of aliphatic hydroxyl groups excluding tert-OH is 1. The van der Waals surface area contributed by atoms with Crippen molar-refractivity contribution in [1.82, 2.24) is 9.97 Å². The Morgan fingerprint density at radius 2 is 2.31 bits per heavy atom. The van der Waals surface area contributed by atoms with Crippen molar-refractivity contribution in [2.24, 2.45) is 0 Å². The number of aliphatic hydroxyl groups is 1. The number of nitrogens with zero attached hydrogens (tertiary/aromatic N) is 1. The Balaban J connectivity index is 1.87. The van der Waals surface area contributed by atoms with E-state index in [1.165, 1.54) is 11.3 Å². The molecule has 1 aliphatic heterocycles. The summed E-state index contributed by atoms with van der Waals surface area (Å²) in [5.74, 6) is -0.202. The number of ether oxygens (including phenoxy) is 1. The molecular weight excluding hydrogens is 376 g/mol. The highest BCUT2D eigenvalue weighted by molar-refractivity contribution is 7.10. The Kier molecular flexibility index (Phi) is 4.15. The van der Waals surface area contributed by atoms with E-state index < -0.39 is 11.6 Å². The van der Waals surface area contributed by atoms with Crippen molar-refractivity contribution in [3.8, 4) is 0 Å². The maximum atomic E-state index is 12.4. The predicted molar refractivity (Wildman–Crippen MR) is 102 cm³/mol. The zero-order valence-electron chi connectivity index (χ0n) is 14.1. The van der Waals surface area contributed by atoms with Crippen molar-refractivity contribution in [2.45, 2.75) is 18.6 Å². The third-order valence-corrected chi connectivity index (χ3v) is 5.91. The number of pyridine rings is 1. The summed E-state index contributed by atoms with van der Waals surface area (Å²) in [5, 5.41) is 20.1. The first-order valence-corrected chi connectivity index (χ1v) is 9.20. The Labute approximate surface area is 158 Å². The van der Waals surface area contributed by atoms with Gasteiger partial charge in [-0.05, 0) is 18.4 Å². The molecule has 2 atom stereocenters. The van der Waals surface area contributed by atoms with E-state index >= 15 is 0 Å². The first kappa shape index (κ1) is 17.3. The average Bonchev–Trinajstić information content (AvgIpc) is 3.22. The van der Waals surface area contributed by atoms with Crippen LogP contribution in [-0.4, -0.2) is 40.2 Å². The van der Waals surface area contributed by atoms with Gasteiger partial charge in [-0.3, -0.25) is 4.79 Å². The number of H-pyrrole nitrogens is 1. The highest BCUT2D eigenvalue weighted by atomic mass is 35.5. The molecule has 4 rings (SSSR count). The summed E-state index contributed by atoms with van der Waals surface area (Å²) in [7, 11) is 1.54. The Morgan fingerprint density at radius 3 is 3.00 bits per heavy atom. The third kappa shape index (κ3) is 2.57. The van der Waals surface area contributed by atoms with E-state index in [0.29, 0.717) is 37.9 Å². The van der Waals surface area contributed by atoms with Crippen LogP contribution in [0.15, 0.2) is 23.8 Å². The lowest BCUT2D eigenvalue weighted by Gasteiger charge is -2.35. The molecule has 0 saturated heterocycles. The Bertz CT molecular complexity index is 1000. The largest absolute Gasteiger partial charge is 0.383 e. The van der Waals surface area contributed by atoms with Crippen molar-refractivity contribution < 1.29 is 14.6 Å². The molecule has 0 aliphatic carbocycles. The van der Waals surface area contributed by atoms with Gasteiger partial charge >= 0.3 is 0 Å². The van der Waals surface area contributed by atoms with Crippen LogP contribution in [-0.2, 0) is 9.53 Å². The fourth-order valence-electron chi connectivity index (χ4n) is 3.19. The number of thiophene rings is 1. The topological polar surface area (TPSA) is 99.3 Å². The summed E-state index contributed by atoms with van der Waals surface area (Å²) in [6.45, 7) is 1.96. The van der Waals surface area contributed by atoms with Gasteiger partial charge in [-0.25, -0.2) is 4.98 Å². The number of rotatable bonds is 4. The average molecular weight is 393 g/mol. The molecule has 4 heterocycles. The number of nitrogens with one attached hydrogen (secondary N) is 3. The lowest BCUT2D eigenvalue weighted by atomic mass is 9.96. The minimum Gasteiger partial charge on any atom is -0.383 e. The Hall–Kier alpha value is -2.13. The van der Waals surface area contributed by atoms with Crippen molar-refractivity contribution >= 4 is 51.3 Å². The van der Waals surface area contributed by atoms with Crippen molar-refractivity contribution in [1.29, 1.82) is 0 Å². The number of fused-ring (bicyclic) bond motifs is 3. The van der Waals surface area contributed by atoms with Crippen LogP contribution in [0.3, 0.4) is 0 Å². The van der Waals surface area contributed by atoms with E-state index in [1.54, 1.807) is 32.5 Å². The lowest BCUT2D eigenvalue weighted by molar-refractivity contribution is -0.121. The SMILES string of the molecule is COC[C@]1(C)Nc2c(cnc3[nH]cc(C(O)c4sccc4Cl)c23)NC1=O. The molecule has 0 aromatic carbocycles. The van der Waals surface area contributed by atoms with E-state index in [-0.39, 0.29) is 12.5 Å². The fraction of sp³-hybridized carbons (Fsp3) is 0.294. The number of anilines is 2. The van der Waals surface area contributed by atoms with Crippen molar-refractivity contribution in [2.75, 3.05) is 24.4 Å². The second-order valence-electron chi connectivity index (χ2n) is 6.39. The maximum absolute atomic E-state index is 12.4. The number of carbonyl (C=O) groups is 1. The molecule has 1 unspecified atom stereocenters. The maximum Gasteiger partial charge on any atom is 0.252 e. The minimum absolute atomic E-state index is 0.196. The Morgan fingerprint density at radius 1 is 1.50 bits per heavy atom.